The quantitative estimate of drug-likeness (QED) is 0.497. The molecule has 2 rings (SSSR count). The molecular weight excluding hydrogens is 347 g/mol. The van der Waals surface area contributed by atoms with Crippen molar-refractivity contribution in [3.8, 4) is 0 Å². The molecule has 2 amide bonds. The minimum Gasteiger partial charge on any atom is -0.318 e. The molecule has 0 aliphatic carbocycles. The van der Waals surface area contributed by atoms with Gasteiger partial charge in [-0.3, -0.25) is 9.59 Å². The van der Waals surface area contributed by atoms with Gasteiger partial charge in [0.05, 0.1) is 11.8 Å². The monoisotopic (exact) mass is 363 g/mol. The highest BCUT2D eigenvalue weighted by Gasteiger charge is 2.30. The third-order valence-electron chi connectivity index (χ3n) is 3.42. The Hall–Kier alpha value is -3.16. The molecule has 0 aliphatic rings. The van der Waals surface area contributed by atoms with Gasteiger partial charge in [-0.25, -0.2) is 5.43 Å². The molecule has 26 heavy (non-hydrogen) atoms. The minimum atomic E-state index is -4.54. The van der Waals surface area contributed by atoms with Crippen molar-refractivity contribution in [1.29, 1.82) is 0 Å². The molecule has 0 saturated heterocycles. The van der Waals surface area contributed by atoms with Gasteiger partial charge >= 0.3 is 18.0 Å². The Morgan fingerprint density at radius 2 is 1.77 bits per heavy atom. The predicted molar refractivity (Wildman–Crippen MR) is 91.6 cm³/mol. The highest BCUT2D eigenvalue weighted by Crippen LogP contribution is 2.30. The molecule has 0 spiro atoms. The van der Waals surface area contributed by atoms with Gasteiger partial charge in [0, 0.05) is 5.69 Å². The van der Waals surface area contributed by atoms with Gasteiger partial charge in [-0.15, -0.1) is 0 Å². The molecule has 0 heterocycles. The first kappa shape index (κ1) is 19.2. The molecule has 0 aromatic heterocycles. The van der Waals surface area contributed by atoms with Gasteiger partial charge < -0.3 is 5.32 Å². The second kappa shape index (κ2) is 8.28. The summed E-state index contributed by atoms with van der Waals surface area (Å²) in [6.07, 6.45) is -2.29. The van der Waals surface area contributed by atoms with Gasteiger partial charge in [0.2, 0.25) is 0 Å². The normalized spacial score (nSPS) is 11.4. The number of amides is 2. The highest BCUT2D eigenvalue weighted by molar-refractivity contribution is 6.39. The molecule has 2 aromatic carbocycles. The van der Waals surface area contributed by atoms with E-state index in [1.807, 2.05) is 24.5 Å². The van der Waals surface area contributed by atoms with Gasteiger partial charge in [-0.2, -0.15) is 18.3 Å². The summed E-state index contributed by atoms with van der Waals surface area (Å²) in [6, 6.07) is 11.4. The van der Waals surface area contributed by atoms with Gasteiger partial charge in [0.1, 0.15) is 0 Å². The van der Waals surface area contributed by atoms with Crippen LogP contribution in [0.25, 0.3) is 0 Å². The molecule has 5 nitrogen and oxygen atoms in total. The van der Waals surface area contributed by atoms with E-state index in [0.717, 1.165) is 35.7 Å². The Morgan fingerprint density at radius 1 is 1.08 bits per heavy atom. The summed E-state index contributed by atoms with van der Waals surface area (Å²) in [5, 5.41) is 5.74. The Balaban J connectivity index is 1.93. The fourth-order valence-corrected chi connectivity index (χ4v) is 2.02. The van der Waals surface area contributed by atoms with Crippen molar-refractivity contribution in [3.05, 3.63) is 65.2 Å². The Morgan fingerprint density at radius 3 is 2.38 bits per heavy atom. The number of nitrogens with zero attached hydrogens (tertiary/aromatic N) is 1. The van der Waals surface area contributed by atoms with Crippen LogP contribution >= 0.6 is 0 Å². The summed E-state index contributed by atoms with van der Waals surface area (Å²) in [7, 11) is 0. The Bertz CT molecular complexity index is 815. The second-order valence-electron chi connectivity index (χ2n) is 5.33. The summed E-state index contributed by atoms with van der Waals surface area (Å²) in [5.41, 5.74) is 2.82. The van der Waals surface area contributed by atoms with E-state index in [1.54, 1.807) is 12.1 Å². The summed E-state index contributed by atoms with van der Waals surface area (Å²) in [5.74, 6) is -2.22. The van der Waals surface area contributed by atoms with Crippen LogP contribution in [-0.2, 0) is 22.2 Å². The van der Waals surface area contributed by atoms with Gasteiger partial charge in [-0.1, -0.05) is 37.3 Å². The zero-order chi connectivity index (χ0) is 19.2. The third-order valence-corrected chi connectivity index (χ3v) is 3.42. The summed E-state index contributed by atoms with van der Waals surface area (Å²) < 4.78 is 37.9. The number of halogens is 3. The number of hydrogen-bond acceptors (Lipinski definition) is 3. The minimum absolute atomic E-state index is 0.140. The van der Waals surface area contributed by atoms with Crippen LogP contribution in [0.5, 0.6) is 0 Å². The number of hydrogen-bond donors (Lipinski definition) is 2. The maximum atomic E-state index is 12.6. The molecule has 0 unspecified atom stereocenters. The van der Waals surface area contributed by atoms with Crippen molar-refractivity contribution in [2.75, 3.05) is 5.32 Å². The molecule has 8 heteroatoms. The van der Waals surface area contributed by atoms with Gasteiger partial charge in [0.25, 0.3) is 0 Å². The number of hydrazone groups is 1. The first-order chi connectivity index (χ1) is 12.3. The smallest absolute Gasteiger partial charge is 0.318 e. The fraction of sp³-hybridized carbons (Fsp3) is 0.167. The lowest BCUT2D eigenvalue weighted by molar-refractivity contribution is -0.137. The van der Waals surface area contributed by atoms with E-state index in [4.69, 9.17) is 0 Å². The van der Waals surface area contributed by atoms with Crippen molar-refractivity contribution in [2.45, 2.75) is 19.5 Å². The number of carbonyl (C=O) groups is 2. The number of anilines is 1. The lowest BCUT2D eigenvalue weighted by Gasteiger charge is -2.09. The number of carbonyl (C=O) groups excluding carboxylic acids is 2. The molecule has 2 N–H and O–H groups in total. The van der Waals surface area contributed by atoms with Crippen LogP contribution in [-0.4, -0.2) is 18.0 Å². The number of rotatable bonds is 4. The second-order valence-corrected chi connectivity index (χ2v) is 5.33. The molecule has 0 radical (unpaired) electrons. The van der Waals surface area contributed by atoms with E-state index >= 15 is 0 Å². The number of alkyl halides is 3. The fourth-order valence-electron chi connectivity index (χ4n) is 2.02. The number of aryl methyl sites for hydroxylation is 1. The van der Waals surface area contributed by atoms with Crippen LogP contribution in [0.3, 0.4) is 0 Å². The summed E-state index contributed by atoms with van der Waals surface area (Å²) in [4.78, 5) is 23.4. The number of benzene rings is 2. The van der Waals surface area contributed by atoms with Crippen molar-refractivity contribution in [3.63, 3.8) is 0 Å². The first-order valence-corrected chi connectivity index (χ1v) is 7.70. The Kier molecular flexibility index (Phi) is 6.11. The molecule has 0 fully saturated rings. The molecule has 0 bridgehead atoms. The highest BCUT2D eigenvalue weighted by atomic mass is 19.4. The Labute approximate surface area is 147 Å². The van der Waals surface area contributed by atoms with E-state index in [0.29, 0.717) is 0 Å². The van der Waals surface area contributed by atoms with Crippen LogP contribution < -0.4 is 10.7 Å². The first-order valence-electron chi connectivity index (χ1n) is 7.70. The van der Waals surface area contributed by atoms with Crippen LogP contribution in [0.4, 0.5) is 18.9 Å². The molecular formula is C18H16F3N3O2. The van der Waals surface area contributed by atoms with Crippen LogP contribution in [0, 0.1) is 0 Å². The molecule has 0 aliphatic heterocycles. The molecule has 136 valence electrons. The lowest BCUT2D eigenvalue weighted by atomic mass is 10.1. The largest absolute Gasteiger partial charge is 0.416 e. The third kappa shape index (κ3) is 5.44. The average Bonchev–Trinajstić information content (AvgIpc) is 2.61. The van der Waals surface area contributed by atoms with Crippen LogP contribution in [0.2, 0.25) is 0 Å². The lowest BCUT2D eigenvalue weighted by Crippen LogP contribution is -2.32. The van der Waals surface area contributed by atoms with E-state index in [1.165, 1.54) is 12.3 Å². The van der Waals surface area contributed by atoms with E-state index in [9.17, 15) is 22.8 Å². The van der Waals surface area contributed by atoms with Crippen molar-refractivity contribution in [2.24, 2.45) is 5.10 Å². The van der Waals surface area contributed by atoms with Crippen molar-refractivity contribution < 1.29 is 22.8 Å². The van der Waals surface area contributed by atoms with E-state index < -0.39 is 23.6 Å². The number of nitrogens with one attached hydrogen (secondary N) is 2. The van der Waals surface area contributed by atoms with Crippen molar-refractivity contribution in [1.82, 2.24) is 5.43 Å². The maximum absolute atomic E-state index is 12.6. The van der Waals surface area contributed by atoms with Crippen LogP contribution in [0.15, 0.2) is 53.6 Å². The zero-order valence-corrected chi connectivity index (χ0v) is 13.8. The van der Waals surface area contributed by atoms with Gasteiger partial charge in [0.15, 0.2) is 0 Å². The van der Waals surface area contributed by atoms with Crippen LogP contribution in [0.1, 0.15) is 23.6 Å². The molecule has 0 saturated carbocycles. The standard InChI is InChI=1S/C18H16F3N3O2/c1-2-12-6-8-13(9-7-12)11-22-24-17(26)16(25)23-15-5-3-4-14(10-15)18(19,20)21/h3-11H,2H2,1H3,(H,23,25)(H,24,26)/b22-11+. The molecule has 2 aromatic rings. The molecule has 0 atom stereocenters. The SMILES string of the molecule is CCc1ccc(/C=N/NC(=O)C(=O)Nc2cccc(C(F)(F)F)c2)cc1. The maximum Gasteiger partial charge on any atom is 0.416 e. The predicted octanol–water partition coefficient (Wildman–Crippen LogP) is 3.36. The zero-order valence-electron chi connectivity index (χ0n) is 13.8. The van der Waals surface area contributed by atoms with Gasteiger partial charge in [-0.05, 0) is 35.7 Å². The van der Waals surface area contributed by atoms with E-state index in [2.05, 4.69) is 10.4 Å². The topological polar surface area (TPSA) is 70.6 Å². The average molecular weight is 363 g/mol. The summed E-state index contributed by atoms with van der Waals surface area (Å²) in [6.45, 7) is 2.02. The summed E-state index contributed by atoms with van der Waals surface area (Å²) >= 11 is 0. The van der Waals surface area contributed by atoms with Crippen molar-refractivity contribution >= 4 is 23.7 Å². The van der Waals surface area contributed by atoms with E-state index in [-0.39, 0.29) is 5.69 Å².